The lowest BCUT2D eigenvalue weighted by Gasteiger charge is -2.29. The monoisotopic (exact) mass is 257 g/mol. The Morgan fingerprint density at radius 1 is 1.44 bits per heavy atom. The van der Waals surface area contributed by atoms with Crippen molar-refractivity contribution < 1.29 is 9.53 Å². The number of likely N-dealkylation sites (tertiary alicyclic amines) is 1. The highest BCUT2D eigenvalue weighted by molar-refractivity contribution is 5.80. The van der Waals surface area contributed by atoms with Gasteiger partial charge in [0, 0.05) is 19.6 Å². The first-order chi connectivity index (χ1) is 8.45. The van der Waals surface area contributed by atoms with Crippen LogP contribution >= 0.6 is 0 Å². The van der Waals surface area contributed by atoms with Crippen LogP contribution in [-0.4, -0.2) is 67.7 Å². The first kappa shape index (κ1) is 15.4. The summed E-state index contributed by atoms with van der Waals surface area (Å²) < 4.78 is 4.98. The van der Waals surface area contributed by atoms with E-state index in [-0.39, 0.29) is 5.97 Å². The minimum atomic E-state index is -0.921. The molecule has 1 atom stereocenters. The van der Waals surface area contributed by atoms with E-state index in [1.165, 1.54) is 25.9 Å². The minimum absolute atomic E-state index is 0.321. The predicted octanol–water partition coefficient (Wildman–Crippen LogP) is 0.295. The number of ether oxygens (including phenoxy) is 1. The van der Waals surface area contributed by atoms with Crippen molar-refractivity contribution in [2.75, 3.05) is 46.4 Å². The van der Waals surface area contributed by atoms with Crippen molar-refractivity contribution in [3.8, 4) is 0 Å². The Kier molecular flexibility index (Phi) is 6.05. The molecule has 5 nitrogen and oxygen atoms in total. The third-order valence-electron chi connectivity index (χ3n) is 3.34. The number of esters is 1. The molecule has 0 radical (unpaired) electrons. The highest BCUT2D eigenvalue weighted by atomic mass is 16.5. The Morgan fingerprint density at radius 3 is 2.61 bits per heavy atom. The summed E-state index contributed by atoms with van der Waals surface area (Å²) in [6.45, 7) is 8.82. The molecular weight excluding hydrogens is 230 g/mol. The minimum Gasteiger partial charge on any atom is -0.465 e. The molecule has 0 amide bonds. The molecule has 0 saturated carbocycles. The van der Waals surface area contributed by atoms with Crippen LogP contribution in [0.1, 0.15) is 26.7 Å². The SMILES string of the molecule is CCOC(=O)C(C)(N)CN(C)CCN1CCCC1. The molecule has 0 aromatic rings. The van der Waals surface area contributed by atoms with Crippen LogP contribution in [0.4, 0.5) is 0 Å². The van der Waals surface area contributed by atoms with E-state index in [0.29, 0.717) is 13.2 Å². The average molecular weight is 257 g/mol. The standard InChI is InChI=1S/C13H27N3O2/c1-4-18-12(17)13(2,14)11-15(3)9-10-16-7-5-6-8-16/h4-11,14H2,1-3H3. The number of nitrogens with zero attached hydrogens (tertiary/aromatic N) is 2. The number of likely N-dealkylation sites (N-methyl/N-ethyl adjacent to an activating group) is 1. The second-order valence-corrected chi connectivity index (χ2v) is 5.42. The van der Waals surface area contributed by atoms with Gasteiger partial charge < -0.3 is 20.3 Å². The smallest absolute Gasteiger partial charge is 0.327 e. The molecule has 1 heterocycles. The zero-order valence-corrected chi connectivity index (χ0v) is 11.9. The third kappa shape index (κ3) is 4.92. The highest BCUT2D eigenvalue weighted by Crippen LogP contribution is 2.08. The quantitative estimate of drug-likeness (QED) is 0.665. The molecule has 1 unspecified atom stereocenters. The van der Waals surface area contributed by atoms with E-state index in [2.05, 4.69) is 9.80 Å². The molecular formula is C13H27N3O2. The van der Waals surface area contributed by atoms with Gasteiger partial charge in [-0.3, -0.25) is 4.79 Å². The van der Waals surface area contributed by atoms with Crippen LogP contribution in [0.5, 0.6) is 0 Å². The van der Waals surface area contributed by atoms with Crippen molar-refractivity contribution in [2.45, 2.75) is 32.2 Å². The summed E-state index contributed by atoms with van der Waals surface area (Å²) in [7, 11) is 2.00. The Balaban J connectivity index is 2.28. The topological polar surface area (TPSA) is 58.8 Å². The van der Waals surface area contributed by atoms with Gasteiger partial charge in [0.2, 0.25) is 0 Å². The molecule has 0 aromatic carbocycles. The molecule has 1 fully saturated rings. The molecule has 106 valence electrons. The third-order valence-corrected chi connectivity index (χ3v) is 3.34. The van der Waals surface area contributed by atoms with E-state index in [9.17, 15) is 4.79 Å². The van der Waals surface area contributed by atoms with Gasteiger partial charge >= 0.3 is 5.97 Å². The molecule has 0 spiro atoms. The maximum Gasteiger partial charge on any atom is 0.327 e. The highest BCUT2D eigenvalue weighted by Gasteiger charge is 2.31. The summed E-state index contributed by atoms with van der Waals surface area (Å²) in [4.78, 5) is 16.2. The molecule has 0 aromatic heterocycles. The Bertz CT molecular complexity index is 263. The molecule has 1 rings (SSSR count). The predicted molar refractivity (Wildman–Crippen MR) is 72.4 cm³/mol. The van der Waals surface area contributed by atoms with Crippen LogP contribution in [-0.2, 0) is 9.53 Å². The Hall–Kier alpha value is -0.650. The molecule has 1 saturated heterocycles. The fourth-order valence-corrected chi connectivity index (χ4v) is 2.32. The van der Waals surface area contributed by atoms with Gasteiger partial charge in [0.15, 0.2) is 0 Å². The van der Waals surface area contributed by atoms with Crippen molar-refractivity contribution in [1.29, 1.82) is 0 Å². The molecule has 1 aliphatic rings. The van der Waals surface area contributed by atoms with Crippen molar-refractivity contribution >= 4 is 5.97 Å². The summed E-state index contributed by atoms with van der Waals surface area (Å²) in [5, 5.41) is 0. The molecule has 5 heteroatoms. The van der Waals surface area contributed by atoms with Crippen LogP contribution in [0.2, 0.25) is 0 Å². The molecule has 2 N–H and O–H groups in total. The van der Waals surface area contributed by atoms with Crippen LogP contribution in [0, 0.1) is 0 Å². The first-order valence-electron chi connectivity index (χ1n) is 6.82. The van der Waals surface area contributed by atoms with Gasteiger partial charge in [-0.05, 0) is 46.8 Å². The summed E-state index contributed by atoms with van der Waals surface area (Å²) in [5.74, 6) is -0.321. The first-order valence-corrected chi connectivity index (χ1v) is 6.82. The van der Waals surface area contributed by atoms with E-state index < -0.39 is 5.54 Å². The summed E-state index contributed by atoms with van der Waals surface area (Å²) in [6.07, 6.45) is 2.61. The normalized spacial score (nSPS) is 20.1. The molecule has 18 heavy (non-hydrogen) atoms. The van der Waals surface area contributed by atoms with Crippen molar-refractivity contribution in [1.82, 2.24) is 9.80 Å². The van der Waals surface area contributed by atoms with Crippen LogP contribution in [0.25, 0.3) is 0 Å². The van der Waals surface area contributed by atoms with E-state index in [1.54, 1.807) is 13.8 Å². The van der Waals surface area contributed by atoms with Crippen LogP contribution in [0.15, 0.2) is 0 Å². The van der Waals surface area contributed by atoms with Crippen LogP contribution in [0.3, 0.4) is 0 Å². The maximum atomic E-state index is 11.7. The average Bonchev–Trinajstić information content (AvgIpc) is 2.79. The van der Waals surface area contributed by atoms with Crippen LogP contribution < -0.4 is 5.73 Å². The van der Waals surface area contributed by atoms with Gasteiger partial charge in [0.25, 0.3) is 0 Å². The zero-order chi connectivity index (χ0) is 13.6. The fraction of sp³-hybridized carbons (Fsp3) is 0.923. The van der Waals surface area contributed by atoms with Gasteiger partial charge in [-0.2, -0.15) is 0 Å². The lowest BCUT2D eigenvalue weighted by atomic mass is 10.0. The number of hydrogen-bond donors (Lipinski definition) is 1. The number of rotatable bonds is 7. The fourth-order valence-electron chi connectivity index (χ4n) is 2.32. The second-order valence-electron chi connectivity index (χ2n) is 5.42. The second kappa shape index (κ2) is 7.07. The van der Waals surface area contributed by atoms with E-state index in [0.717, 1.165) is 13.1 Å². The van der Waals surface area contributed by atoms with Gasteiger partial charge in [-0.15, -0.1) is 0 Å². The number of carbonyl (C=O) groups is 1. The van der Waals surface area contributed by atoms with Crippen molar-refractivity contribution in [3.63, 3.8) is 0 Å². The Labute approximate surface area is 110 Å². The van der Waals surface area contributed by atoms with E-state index >= 15 is 0 Å². The summed E-state index contributed by atoms with van der Waals surface area (Å²) >= 11 is 0. The largest absolute Gasteiger partial charge is 0.465 e. The lowest BCUT2D eigenvalue weighted by Crippen LogP contribution is -2.54. The summed E-state index contributed by atoms with van der Waals surface area (Å²) in [6, 6.07) is 0. The molecule has 0 aliphatic carbocycles. The Morgan fingerprint density at radius 2 is 2.06 bits per heavy atom. The van der Waals surface area contributed by atoms with E-state index in [1.807, 2.05) is 7.05 Å². The van der Waals surface area contributed by atoms with Gasteiger partial charge in [0.05, 0.1) is 6.61 Å². The maximum absolute atomic E-state index is 11.7. The van der Waals surface area contributed by atoms with E-state index in [4.69, 9.17) is 10.5 Å². The molecule has 1 aliphatic heterocycles. The van der Waals surface area contributed by atoms with Gasteiger partial charge in [-0.25, -0.2) is 0 Å². The van der Waals surface area contributed by atoms with Crippen molar-refractivity contribution in [2.24, 2.45) is 5.73 Å². The van der Waals surface area contributed by atoms with Gasteiger partial charge in [0.1, 0.15) is 5.54 Å². The van der Waals surface area contributed by atoms with Crippen molar-refractivity contribution in [3.05, 3.63) is 0 Å². The summed E-state index contributed by atoms with van der Waals surface area (Å²) in [5.41, 5.74) is 5.08. The number of carbonyl (C=O) groups excluding carboxylic acids is 1. The zero-order valence-electron chi connectivity index (χ0n) is 11.9. The lowest BCUT2D eigenvalue weighted by molar-refractivity contribution is -0.149. The number of hydrogen-bond acceptors (Lipinski definition) is 5. The van der Waals surface area contributed by atoms with Gasteiger partial charge in [-0.1, -0.05) is 0 Å². The number of nitrogens with two attached hydrogens (primary N) is 1. The molecule has 0 bridgehead atoms.